The molecule has 0 aliphatic carbocycles. The Labute approximate surface area is 89.9 Å². The van der Waals surface area contributed by atoms with Crippen molar-refractivity contribution in [2.45, 2.75) is 53.0 Å². The number of hydrogen-bond donors (Lipinski definition) is 2. The van der Waals surface area contributed by atoms with Gasteiger partial charge in [0.1, 0.15) is 0 Å². The molecule has 0 aromatic carbocycles. The molecule has 14 heavy (non-hydrogen) atoms. The lowest BCUT2D eigenvalue weighted by Crippen LogP contribution is -2.39. The zero-order chi connectivity index (χ0) is 10.8. The molecule has 0 radical (unpaired) electrons. The van der Waals surface area contributed by atoms with Gasteiger partial charge in [-0.3, -0.25) is 0 Å². The normalized spacial score (nSPS) is 13.5. The van der Waals surface area contributed by atoms with Crippen LogP contribution in [-0.2, 0) is 0 Å². The Kier molecular flexibility index (Phi) is 9.42. The minimum absolute atomic E-state index is 0.653. The fourth-order valence-corrected chi connectivity index (χ4v) is 1.39. The number of hydrogen-bond acceptors (Lipinski definition) is 2. The topological polar surface area (TPSA) is 24.1 Å². The molecule has 0 aromatic rings. The van der Waals surface area contributed by atoms with Gasteiger partial charge in [-0.05, 0) is 31.8 Å². The van der Waals surface area contributed by atoms with Crippen LogP contribution in [0.4, 0.5) is 0 Å². The maximum absolute atomic E-state index is 3.58. The van der Waals surface area contributed by atoms with Gasteiger partial charge in [0.15, 0.2) is 0 Å². The van der Waals surface area contributed by atoms with Crippen LogP contribution in [-0.4, -0.2) is 25.7 Å². The molecule has 1 unspecified atom stereocenters. The van der Waals surface area contributed by atoms with Gasteiger partial charge < -0.3 is 10.6 Å². The predicted molar refractivity (Wildman–Crippen MR) is 64.7 cm³/mol. The van der Waals surface area contributed by atoms with E-state index in [2.05, 4.69) is 38.3 Å². The van der Waals surface area contributed by atoms with Crippen molar-refractivity contribution in [3.05, 3.63) is 0 Å². The molecular weight excluding hydrogens is 172 g/mol. The van der Waals surface area contributed by atoms with Crippen molar-refractivity contribution < 1.29 is 0 Å². The van der Waals surface area contributed by atoms with Gasteiger partial charge >= 0.3 is 0 Å². The third kappa shape index (κ3) is 8.52. The van der Waals surface area contributed by atoms with E-state index < -0.39 is 0 Å². The summed E-state index contributed by atoms with van der Waals surface area (Å²) >= 11 is 0. The van der Waals surface area contributed by atoms with Gasteiger partial charge in [0, 0.05) is 12.6 Å². The molecule has 0 bridgehead atoms. The highest BCUT2D eigenvalue weighted by Gasteiger charge is 2.04. The molecule has 1 atom stereocenters. The van der Waals surface area contributed by atoms with Gasteiger partial charge in [0.25, 0.3) is 0 Å². The van der Waals surface area contributed by atoms with Crippen LogP contribution in [0.15, 0.2) is 0 Å². The minimum atomic E-state index is 0.653. The monoisotopic (exact) mass is 200 g/mol. The van der Waals surface area contributed by atoms with E-state index in [-0.39, 0.29) is 0 Å². The van der Waals surface area contributed by atoms with Crippen LogP contribution in [0.1, 0.15) is 47.0 Å². The summed E-state index contributed by atoms with van der Waals surface area (Å²) in [5.41, 5.74) is 0. The Morgan fingerprint density at radius 3 is 2.29 bits per heavy atom. The molecule has 0 rings (SSSR count). The van der Waals surface area contributed by atoms with Gasteiger partial charge in [-0.1, -0.05) is 34.1 Å². The zero-order valence-electron chi connectivity index (χ0n) is 10.4. The highest BCUT2D eigenvalue weighted by atomic mass is 15.0. The fourth-order valence-electron chi connectivity index (χ4n) is 1.39. The second kappa shape index (κ2) is 9.47. The van der Waals surface area contributed by atoms with E-state index in [0.29, 0.717) is 6.04 Å². The summed E-state index contributed by atoms with van der Waals surface area (Å²) in [4.78, 5) is 0. The van der Waals surface area contributed by atoms with Crippen LogP contribution in [0.2, 0.25) is 0 Å². The Balaban J connectivity index is 3.38. The van der Waals surface area contributed by atoms with E-state index in [1.165, 1.54) is 25.8 Å². The van der Waals surface area contributed by atoms with E-state index in [9.17, 15) is 0 Å². The van der Waals surface area contributed by atoms with Crippen LogP contribution in [0, 0.1) is 5.92 Å². The summed E-state index contributed by atoms with van der Waals surface area (Å²) in [5.74, 6) is 0.753. The van der Waals surface area contributed by atoms with Crippen molar-refractivity contribution in [2.24, 2.45) is 5.92 Å². The Hall–Kier alpha value is -0.0800. The van der Waals surface area contributed by atoms with Gasteiger partial charge in [0.05, 0.1) is 0 Å². The van der Waals surface area contributed by atoms with Crippen molar-refractivity contribution in [1.29, 1.82) is 0 Å². The maximum Gasteiger partial charge on any atom is 0.0189 e. The first kappa shape index (κ1) is 13.9. The summed E-state index contributed by atoms with van der Waals surface area (Å²) in [6.45, 7) is 12.4. The first-order valence-corrected chi connectivity index (χ1v) is 6.14. The SMILES string of the molecule is CCCCNC(CC)CNCC(C)C. The Morgan fingerprint density at radius 2 is 1.79 bits per heavy atom. The molecule has 0 heterocycles. The standard InChI is InChI=1S/C12H28N2/c1-5-7-8-14-12(6-2)10-13-9-11(3)4/h11-14H,5-10H2,1-4H3. The van der Waals surface area contributed by atoms with E-state index in [1.54, 1.807) is 0 Å². The van der Waals surface area contributed by atoms with Crippen molar-refractivity contribution in [3.63, 3.8) is 0 Å². The van der Waals surface area contributed by atoms with Crippen LogP contribution < -0.4 is 10.6 Å². The van der Waals surface area contributed by atoms with Gasteiger partial charge in [-0.15, -0.1) is 0 Å². The summed E-state index contributed by atoms with van der Waals surface area (Å²) in [6, 6.07) is 0.653. The molecule has 0 aromatic heterocycles. The number of unbranched alkanes of at least 4 members (excludes halogenated alkanes) is 1. The van der Waals surface area contributed by atoms with Crippen molar-refractivity contribution in [3.8, 4) is 0 Å². The molecule has 0 aliphatic rings. The molecule has 86 valence electrons. The molecule has 0 aliphatic heterocycles. The second-order valence-electron chi connectivity index (χ2n) is 4.46. The van der Waals surface area contributed by atoms with Crippen molar-refractivity contribution >= 4 is 0 Å². The lowest BCUT2D eigenvalue weighted by Gasteiger charge is -2.18. The summed E-state index contributed by atoms with van der Waals surface area (Å²) in [5, 5.41) is 7.08. The first-order chi connectivity index (χ1) is 6.70. The molecule has 2 nitrogen and oxygen atoms in total. The predicted octanol–water partition coefficient (Wildman–Crippen LogP) is 2.40. The molecule has 0 fully saturated rings. The van der Waals surface area contributed by atoms with Crippen molar-refractivity contribution in [2.75, 3.05) is 19.6 Å². The quantitative estimate of drug-likeness (QED) is 0.559. The van der Waals surface area contributed by atoms with Crippen LogP contribution in [0.25, 0.3) is 0 Å². The molecule has 0 spiro atoms. The molecule has 2 N–H and O–H groups in total. The maximum atomic E-state index is 3.58. The lowest BCUT2D eigenvalue weighted by molar-refractivity contribution is 0.439. The molecule has 0 amide bonds. The van der Waals surface area contributed by atoms with Crippen LogP contribution in [0.5, 0.6) is 0 Å². The summed E-state index contributed by atoms with van der Waals surface area (Å²) in [6.07, 6.45) is 3.79. The summed E-state index contributed by atoms with van der Waals surface area (Å²) < 4.78 is 0. The number of nitrogens with one attached hydrogen (secondary N) is 2. The molecule has 2 heteroatoms. The Morgan fingerprint density at radius 1 is 1.07 bits per heavy atom. The average Bonchev–Trinajstić information content (AvgIpc) is 2.15. The second-order valence-corrected chi connectivity index (χ2v) is 4.46. The van der Waals surface area contributed by atoms with Crippen LogP contribution in [0.3, 0.4) is 0 Å². The van der Waals surface area contributed by atoms with Gasteiger partial charge in [-0.25, -0.2) is 0 Å². The van der Waals surface area contributed by atoms with E-state index in [1.807, 2.05) is 0 Å². The fraction of sp³-hybridized carbons (Fsp3) is 1.00. The summed E-state index contributed by atoms with van der Waals surface area (Å²) in [7, 11) is 0. The molecule has 0 saturated carbocycles. The first-order valence-electron chi connectivity index (χ1n) is 6.14. The van der Waals surface area contributed by atoms with Gasteiger partial charge in [-0.2, -0.15) is 0 Å². The largest absolute Gasteiger partial charge is 0.315 e. The van der Waals surface area contributed by atoms with Gasteiger partial charge in [0.2, 0.25) is 0 Å². The highest BCUT2D eigenvalue weighted by molar-refractivity contribution is 4.68. The highest BCUT2D eigenvalue weighted by Crippen LogP contribution is 1.93. The zero-order valence-corrected chi connectivity index (χ0v) is 10.4. The average molecular weight is 200 g/mol. The third-order valence-corrected chi connectivity index (χ3v) is 2.40. The van der Waals surface area contributed by atoms with Crippen molar-refractivity contribution in [1.82, 2.24) is 10.6 Å². The van der Waals surface area contributed by atoms with Crippen LogP contribution >= 0.6 is 0 Å². The molecule has 0 saturated heterocycles. The van der Waals surface area contributed by atoms with E-state index in [4.69, 9.17) is 0 Å². The lowest BCUT2D eigenvalue weighted by atomic mass is 10.2. The smallest absolute Gasteiger partial charge is 0.0189 e. The number of rotatable bonds is 9. The van der Waals surface area contributed by atoms with E-state index in [0.717, 1.165) is 19.0 Å². The molecular formula is C12H28N2. The minimum Gasteiger partial charge on any atom is -0.315 e. The third-order valence-electron chi connectivity index (χ3n) is 2.40. The Bertz CT molecular complexity index is 113. The van der Waals surface area contributed by atoms with E-state index >= 15 is 0 Å².